The molecule has 24 heavy (non-hydrogen) atoms. The van der Waals surface area contributed by atoms with Crippen molar-refractivity contribution in [2.45, 2.75) is 38.7 Å². The van der Waals surface area contributed by atoms with Crippen LogP contribution < -0.4 is 5.56 Å². The van der Waals surface area contributed by atoms with Gasteiger partial charge in [0.1, 0.15) is 5.60 Å². The SMILES string of the molecule is CC(C)(C)OC(=O)N1CCC(c2cc3ncc(Br)cc3c(=O)[nH]2)C1. The second-order valence-corrected chi connectivity index (χ2v) is 7.97. The van der Waals surface area contributed by atoms with E-state index in [9.17, 15) is 9.59 Å². The van der Waals surface area contributed by atoms with Crippen LogP contribution >= 0.6 is 15.9 Å². The summed E-state index contributed by atoms with van der Waals surface area (Å²) in [6, 6.07) is 3.65. The quantitative estimate of drug-likeness (QED) is 0.805. The lowest BCUT2D eigenvalue weighted by molar-refractivity contribution is 0.0292. The van der Waals surface area contributed by atoms with Crippen LogP contribution in [0.4, 0.5) is 4.79 Å². The van der Waals surface area contributed by atoms with Crippen LogP contribution in [0, 0.1) is 0 Å². The summed E-state index contributed by atoms with van der Waals surface area (Å²) in [4.78, 5) is 33.4. The van der Waals surface area contributed by atoms with E-state index in [1.807, 2.05) is 26.8 Å². The Morgan fingerprint density at radius 1 is 1.42 bits per heavy atom. The molecule has 3 rings (SSSR count). The molecular formula is C17H20BrN3O3. The molecule has 1 unspecified atom stereocenters. The van der Waals surface area contributed by atoms with Gasteiger partial charge in [0, 0.05) is 35.4 Å². The standard InChI is InChI=1S/C17H20BrN3O3/c1-17(2,3)24-16(23)21-5-4-10(9-21)13-7-14-12(15(22)20-13)6-11(18)8-19-14/h6-8,10H,4-5,9H2,1-3H3,(H,20,22). The molecule has 0 saturated carbocycles. The lowest BCUT2D eigenvalue weighted by Crippen LogP contribution is -2.35. The molecule has 1 aliphatic rings. The Hall–Kier alpha value is -1.89. The highest BCUT2D eigenvalue weighted by atomic mass is 79.9. The zero-order valence-electron chi connectivity index (χ0n) is 13.9. The fourth-order valence-corrected chi connectivity index (χ4v) is 3.19. The van der Waals surface area contributed by atoms with E-state index in [1.54, 1.807) is 17.2 Å². The first-order chi connectivity index (χ1) is 11.2. The smallest absolute Gasteiger partial charge is 0.410 e. The third kappa shape index (κ3) is 3.61. The molecule has 1 N–H and O–H groups in total. The van der Waals surface area contributed by atoms with E-state index in [4.69, 9.17) is 4.74 Å². The number of hydrogen-bond acceptors (Lipinski definition) is 4. The molecule has 1 fully saturated rings. The van der Waals surface area contributed by atoms with Crippen molar-refractivity contribution < 1.29 is 9.53 Å². The normalized spacial score (nSPS) is 18.2. The number of amides is 1. The maximum atomic E-state index is 12.3. The summed E-state index contributed by atoms with van der Waals surface area (Å²) in [6.45, 7) is 6.70. The van der Waals surface area contributed by atoms with Crippen molar-refractivity contribution in [1.82, 2.24) is 14.9 Å². The first-order valence-corrected chi connectivity index (χ1v) is 8.68. The highest BCUT2D eigenvalue weighted by Gasteiger charge is 2.31. The van der Waals surface area contributed by atoms with E-state index >= 15 is 0 Å². The maximum Gasteiger partial charge on any atom is 0.410 e. The number of carbonyl (C=O) groups is 1. The summed E-state index contributed by atoms with van der Waals surface area (Å²) in [5, 5.41) is 0.551. The predicted molar refractivity (Wildman–Crippen MR) is 95.2 cm³/mol. The number of rotatable bonds is 1. The monoisotopic (exact) mass is 393 g/mol. The number of halogens is 1. The molecule has 1 atom stereocenters. The number of nitrogens with one attached hydrogen (secondary N) is 1. The third-order valence-corrected chi connectivity index (χ3v) is 4.39. The van der Waals surface area contributed by atoms with Crippen molar-refractivity contribution in [1.29, 1.82) is 0 Å². The number of fused-ring (bicyclic) bond motifs is 1. The Morgan fingerprint density at radius 2 is 2.17 bits per heavy atom. The van der Waals surface area contributed by atoms with Gasteiger partial charge in [-0.15, -0.1) is 0 Å². The molecule has 0 aromatic carbocycles. The number of aromatic nitrogens is 2. The fourth-order valence-electron chi connectivity index (χ4n) is 2.85. The lowest BCUT2D eigenvalue weighted by Gasteiger charge is -2.24. The number of H-pyrrole nitrogens is 1. The first-order valence-electron chi connectivity index (χ1n) is 7.89. The summed E-state index contributed by atoms with van der Waals surface area (Å²) in [7, 11) is 0. The second-order valence-electron chi connectivity index (χ2n) is 7.05. The van der Waals surface area contributed by atoms with Gasteiger partial charge >= 0.3 is 6.09 Å². The Morgan fingerprint density at radius 3 is 2.88 bits per heavy atom. The molecule has 0 bridgehead atoms. The Balaban J connectivity index is 1.81. The van der Waals surface area contributed by atoms with Crippen molar-refractivity contribution in [2.24, 2.45) is 0 Å². The van der Waals surface area contributed by atoms with Gasteiger partial charge in [-0.05, 0) is 55.3 Å². The summed E-state index contributed by atoms with van der Waals surface area (Å²) in [5.41, 5.74) is 0.803. The summed E-state index contributed by atoms with van der Waals surface area (Å²) in [5.74, 6) is 0.0834. The number of pyridine rings is 2. The zero-order chi connectivity index (χ0) is 17.5. The molecule has 2 aromatic rings. The van der Waals surface area contributed by atoms with E-state index in [0.717, 1.165) is 16.6 Å². The van der Waals surface area contributed by atoms with E-state index in [-0.39, 0.29) is 17.6 Å². The third-order valence-electron chi connectivity index (χ3n) is 3.96. The number of ether oxygens (including phenoxy) is 1. The summed E-state index contributed by atoms with van der Waals surface area (Å²) >= 11 is 3.33. The molecule has 0 spiro atoms. The summed E-state index contributed by atoms with van der Waals surface area (Å²) in [6.07, 6.45) is 2.15. The molecule has 3 heterocycles. The predicted octanol–water partition coefficient (Wildman–Crippen LogP) is 3.41. The minimum absolute atomic E-state index is 0.0834. The molecule has 2 aromatic heterocycles. The van der Waals surface area contributed by atoms with Crippen LogP contribution in [0.3, 0.4) is 0 Å². The van der Waals surface area contributed by atoms with E-state index < -0.39 is 5.60 Å². The number of nitrogens with zero attached hydrogens (tertiary/aromatic N) is 2. The number of aromatic amines is 1. The topological polar surface area (TPSA) is 75.3 Å². The van der Waals surface area contributed by atoms with Gasteiger partial charge in [0.15, 0.2) is 0 Å². The molecule has 128 valence electrons. The van der Waals surface area contributed by atoms with Crippen molar-refractivity contribution in [2.75, 3.05) is 13.1 Å². The minimum atomic E-state index is -0.510. The summed E-state index contributed by atoms with van der Waals surface area (Å²) < 4.78 is 6.18. The van der Waals surface area contributed by atoms with Crippen LogP contribution in [0.25, 0.3) is 10.9 Å². The van der Waals surface area contributed by atoms with E-state index in [1.165, 1.54) is 0 Å². The number of likely N-dealkylation sites (tertiary alicyclic amines) is 1. The van der Waals surface area contributed by atoms with Crippen molar-refractivity contribution in [3.05, 3.63) is 38.9 Å². The van der Waals surface area contributed by atoms with Gasteiger partial charge in [-0.3, -0.25) is 9.78 Å². The average Bonchev–Trinajstić information content (AvgIpc) is 2.96. The van der Waals surface area contributed by atoms with Gasteiger partial charge < -0.3 is 14.6 Å². The highest BCUT2D eigenvalue weighted by molar-refractivity contribution is 9.10. The van der Waals surface area contributed by atoms with Crippen LogP contribution in [0.2, 0.25) is 0 Å². The zero-order valence-corrected chi connectivity index (χ0v) is 15.5. The van der Waals surface area contributed by atoms with Gasteiger partial charge in [0.2, 0.25) is 0 Å². The van der Waals surface area contributed by atoms with Gasteiger partial charge in [0.05, 0.1) is 10.9 Å². The van der Waals surface area contributed by atoms with Crippen molar-refractivity contribution >= 4 is 32.9 Å². The Kier molecular flexibility index (Phi) is 4.38. The Bertz CT molecular complexity index is 841. The van der Waals surface area contributed by atoms with Crippen molar-refractivity contribution in [3.63, 3.8) is 0 Å². The second kappa shape index (κ2) is 6.20. The van der Waals surface area contributed by atoms with Gasteiger partial charge in [-0.25, -0.2) is 4.79 Å². The number of hydrogen-bond donors (Lipinski definition) is 1. The van der Waals surface area contributed by atoms with Crippen LogP contribution in [0.1, 0.15) is 38.8 Å². The van der Waals surface area contributed by atoms with Crippen LogP contribution in [-0.2, 0) is 4.74 Å². The largest absolute Gasteiger partial charge is 0.444 e. The van der Waals surface area contributed by atoms with Gasteiger partial charge in [-0.2, -0.15) is 0 Å². The molecule has 1 saturated heterocycles. The molecule has 6 nitrogen and oxygen atoms in total. The highest BCUT2D eigenvalue weighted by Crippen LogP contribution is 2.28. The van der Waals surface area contributed by atoms with E-state index in [2.05, 4.69) is 25.9 Å². The molecule has 7 heteroatoms. The number of carbonyl (C=O) groups excluding carboxylic acids is 1. The van der Waals surface area contributed by atoms with Crippen LogP contribution in [-0.4, -0.2) is 39.7 Å². The maximum absolute atomic E-state index is 12.3. The van der Waals surface area contributed by atoms with Crippen molar-refractivity contribution in [3.8, 4) is 0 Å². The van der Waals surface area contributed by atoms with Gasteiger partial charge in [-0.1, -0.05) is 0 Å². The van der Waals surface area contributed by atoms with Crippen LogP contribution in [0.15, 0.2) is 27.6 Å². The first kappa shape index (κ1) is 17.0. The lowest BCUT2D eigenvalue weighted by atomic mass is 10.0. The molecular weight excluding hydrogens is 374 g/mol. The fraction of sp³-hybridized carbons (Fsp3) is 0.471. The molecule has 1 amide bonds. The van der Waals surface area contributed by atoms with Gasteiger partial charge in [0.25, 0.3) is 5.56 Å². The van der Waals surface area contributed by atoms with E-state index in [0.29, 0.717) is 24.0 Å². The minimum Gasteiger partial charge on any atom is -0.444 e. The average molecular weight is 394 g/mol. The molecule has 1 aliphatic heterocycles. The Labute approximate surface area is 148 Å². The van der Waals surface area contributed by atoms with Crippen LogP contribution in [0.5, 0.6) is 0 Å². The molecule has 0 radical (unpaired) electrons. The molecule has 0 aliphatic carbocycles.